The molecule has 0 saturated carbocycles. The second-order valence-corrected chi connectivity index (χ2v) is 7.04. The average molecular weight is 415 g/mol. The minimum Gasteiger partial charge on any atom is -0.292 e. The second-order valence-electron chi connectivity index (χ2n) is 6.12. The van der Waals surface area contributed by atoms with Crippen molar-refractivity contribution in [2.75, 3.05) is 11.4 Å². The van der Waals surface area contributed by atoms with Crippen LogP contribution in [0.2, 0.25) is 0 Å². The zero-order valence-electron chi connectivity index (χ0n) is 14.8. The van der Waals surface area contributed by atoms with Crippen molar-refractivity contribution >= 4 is 38.4 Å². The summed E-state index contributed by atoms with van der Waals surface area (Å²) < 4.78 is 2.19. The van der Waals surface area contributed by atoms with Crippen molar-refractivity contribution in [1.29, 1.82) is 0 Å². The van der Waals surface area contributed by atoms with Gasteiger partial charge in [-0.1, -0.05) is 18.2 Å². The molecule has 0 unspecified atom stereocenters. The van der Waals surface area contributed by atoms with Crippen LogP contribution in [0.3, 0.4) is 0 Å². The molecule has 26 heavy (non-hydrogen) atoms. The molecule has 134 valence electrons. The third-order valence-electron chi connectivity index (χ3n) is 4.07. The van der Waals surface area contributed by atoms with Gasteiger partial charge in [-0.3, -0.25) is 14.5 Å². The van der Waals surface area contributed by atoms with Gasteiger partial charge in [0.2, 0.25) is 0 Å². The molecule has 0 aliphatic heterocycles. The number of halogens is 1. The summed E-state index contributed by atoms with van der Waals surface area (Å²) in [5, 5.41) is 5.42. The minimum atomic E-state index is -0.284. The number of carbonyl (C=O) groups is 1. The SMILES string of the molecule is CCN(C(=O)c1nn(C(C)C)c(=O)c2ccccc12)c1ccc(Br)cn1. The number of hydrogen-bond donors (Lipinski definition) is 0. The van der Waals surface area contributed by atoms with Gasteiger partial charge in [0.1, 0.15) is 5.82 Å². The summed E-state index contributed by atoms with van der Waals surface area (Å²) in [4.78, 5) is 31.8. The molecular formula is C19H19BrN4O2. The Morgan fingerprint density at radius 2 is 1.88 bits per heavy atom. The molecule has 0 aliphatic carbocycles. The molecular weight excluding hydrogens is 396 g/mol. The molecule has 0 bridgehead atoms. The third kappa shape index (κ3) is 3.26. The molecule has 0 fully saturated rings. The van der Waals surface area contributed by atoms with Crippen LogP contribution in [-0.4, -0.2) is 27.2 Å². The van der Waals surface area contributed by atoms with Gasteiger partial charge in [-0.05, 0) is 54.9 Å². The van der Waals surface area contributed by atoms with Crippen molar-refractivity contribution < 1.29 is 4.79 Å². The van der Waals surface area contributed by atoms with Crippen molar-refractivity contribution in [3.05, 3.63) is 63.1 Å². The van der Waals surface area contributed by atoms with E-state index in [-0.39, 0.29) is 23.2 Å². The van der Waals surface area contributed by atoms with E-state index in [0.29, 0.717) is 23.1 Å². The van der Waals surface area contributed by atoms with Crippen LogP contribution in [0.5, 0.6) is 0 Å². The molecule has 0 radical (unpaired) electrons. The van der Waals surface area contributed by atoms with Crippen LogP contribution < -0.4 is 10.5 Å². The number of aromatic nitrogens is 3. The Kier molecular flexibility index (Phi) is 5.18. The van der Waals surface area contributed by atoms with E-state index in [4.69, 9.17) is 0 Å². The summed E-state index contributed by atoms with van der Waals surface area (Å²) in [6, 6.07) is 10.5. The number of rotatable bonds is 4. The Morgan fingerprint density at radius 1 is 1.19 bits per heavy atom. The van der Waals surface area contributed by atoms with E-state index >= 15 is 0 Å². The maximum atomic E-state index is 13.3. The molecule has 0 aliphatic rings. The quantitative estimate of drug-likeness (QED) is 0.650. The maximum absolute atomic E-state index is 13.3. The first kappa shape index (κ1) is 18.3. The molecule has 7 heteroatoms. The molecule has 0 N–H and O–H groups in total. The van der Waals surface area contributed by atoms with Crippen LogP contribution in [0, 0.1) is 0 Å². The lowest BCUT2D eigenvalue weighted by atomic mass is 10.1. The van der Waals surface area contributed by atoms with Gasteiger partial charge >= 0.3 is 0 Å². The number of carbonyl (C=O) groups excluding carboxylic acids is 1. The fourth-order valence-corrected chi connectivity index (χ4v) is 3.01. The van der Waals surface area contributed by atoms with Crippen molar-refractivity contribution in [2.45, 2.75) is 26.8 Å². The number of benzene rings is 1. The van der Waals surface area contributed by atoms with Gasteiger partial charge < -0.3 is 0 Å². The molecule has 0 spiro atoms. The van der Waals surface area contributed by atoms with Crippen molar-refractivity contribution in [3.63, 3.8) is 0 Å². The fourth-order valence-electron chi connectivity index (χ4n) is 2.78. The van der Waals surface area contributed by atoms with Gasteiger partial charge in [0.05, 0.1) is 11.4 Å². The first-order valence-corrected chi connectivity index (χ1v) is 9.18. The van der Waals surface area contributed by atoms with Crippen LogP contribution >= 0.6 is 15.9 Å². The molecule has 0 atom stereocenters. The summed E-state index contributed by atoms with van der Waals surface area (Å²) in [7, 11) is 0. The molecule has 0 saturated heterocycles. The lowest BCUT2D eigenvalue weighted by molar-refractivity contribution is 0.0982. The van der Waals surface area contributed by atoms with E-state index in [2.05, 4.69) is 26.0 Å². The maximum Gasteiger partial charge on any atom is 0.280 e. The fraction of sp³-hybridized carbons (Fsp3) is 0.263. The molecule has 6 nitrogen and oxygen atoms in total. The van der Waals surface area contributed by atoms with Crippen molar-refractivity contribution in [2.24, 2.45) is 0 Å². The van der Waals surface area contributed by atoms with Crippen LogP contribution in [0.1, 0.15) is 37.3 Å². The van der Waals surface area contributed by atoms with E-state index in [1.54, 1.807) is 41.4 Å². The molecule has 1 amide bonds. The lowest BCUT2D eigenvalue weighted by Crippen LogP contribution is -2.35. The highest BCUT2D eigenvalue weighted by atomic mass is 79.9. The van der Waals surface area contributed by atoms with Crippen LogP contribution in [0.25, 0.3) is 10.8 Å². The Bertz CT molecular complexity index is 1010. The van der Waals surface area contributed by atoms with E-state index in [1.807, 2.05) is 26.8 Å². The highest BCUT2D eigenvalue weighted by Gasteiger charge is 2.23. The first-order chi connectivity index (χ1) is 12.4. The van der Waals surface area contributed by atoms with Crippen LogP contribution in [-0.2, 0) is 0 Å². The van der Waals surface area contributed by atoms with Crippen molar-refractivity contribution in [3.8, 4) is 0 Å². The molecule has 1 aromatic carbocycles. The van der Waals surface area contributed by atoms with Gasteiger partial charge in [-0.25, -0.2) is 9.67 Å². The Morgan fingerprint density at radius 3 is 2.46 bits per heavy atom. The standard InChI is InChI=1S/C19H19BrN4O2/c1-4-23(16-10-9-13(20)11-21-16)19(26)17-14-7-5-6-8-15(14)18(25)24(22-17)12(2)3/h5-12H,4H2,1-3H3. The van der Waals surface area contributed by atoms with E-state index in [9.17, 15) is 9.59 Å². The third-order valence-corrected chi connectivity index (χ3v) is 4.54. The summed E-state index contributed by atoms with van der Waals surface area (Å²) in [6.45, 7) is 6.04. The predicted octanol–water partition coefficient (Wildman–Crippen LogP) is 3.80. The van der Waals surface area contributed by atoms with Gasteiger partial charge in [0.25, 0.3) is 11.5 Å². The lowest BCUT2D eigenvalue weighted by Gasteiger charge is -2.21. The number of anilines is 1. The van der Waals surface area contributed by atoms with Crippen LogP contribution in [0.15, 0.2) is 51.9 Å². The number of pyridine rings is 1. The largest absolute Gasteiger partial charge is 0.292 e. The zero-order valence-corrected chi connectivity index (χ0v) is 16.4. The van der Waals surface area contributed by atoms with Gasteiger partial charge in [0.15, 0.2) is 5.69 Å². The van der Waals surface area contributed by atoms with Crippen molar-refractivity contribution in [1.82, 2.24) is 14.8 Å². The molecule has 2 aromatic heterocycles. The summed E-state index contributed by atoms with van der Waals surface area (Å²) in [6.07, 6.45) is 1.64. The first-order valence-electron chi connectivity index (χ1n) is 8.39. The Labute approximate surface area is 159 Å². The minimum absolute atomic E-state index is 0.153. The highest BCUT2D eigenvalue weighted by molar-refractivity contribution is 9.10. The van der Waals surface area contributed by atoms with E-state index in [0.717, 1.165) is 4.47 Å². The number of fused-ring (bicyclic) bond motifs is 1. The molecule has 2 heterocycles. The number of nitrogens with zero attached hydrogens (tertiary/aromatic N) is 4. The number of hydrogen-bond acceptors (Lipinski definition) is 4. The molecule has 3 aromatic rings. The summed E-state index contributed by atoms with van der Waals surface area (Å²) >= 11 is 3.35. The number of amides is 1. The van der Waals surface area contributed by atoms with Crippen LogP contribution in [0.4, 0.5) is 5.82 Å². The Balaban J connectivity index is 2.19. The second kappa shape index (κ2) is 7.37. The smallest absolute Gasteiger partial charge is 0.280 e. The van der Waals surface area contributed by atoms with Gasteiger partial charge in [0, 0.05) is 22.6 Å². The summed E-state index contributed by atoms with van der Waals surface area (Å²) in [5.74, 6) is 0.252. The monoisotopic (exact) mass is 414 g/mol. The topological polar surface area (TPSA) is 68.1 Å². The van der Waals surface area contributed by atoms with E-state index < -0.39 is 0 Å². The predicted molar refractivity (Wildman–Crippen MR) is 106 cm³/mol. The van der Waals surface area contributed by atoms with Gasteiger partial charge in [-0.2, -0.15) is 5.10 Å². The molecule has 3 rings (SSSR count). The average Bonchev–Trinajstić information content (AvgIpc) is 2.64. The van der Waals surface area contributed by atoms with Gasteiger partial charge in [-0.15, -0.1) is 0 Å². The Hall–Kier alpha value is -2.54. The normalized spacial score (nSPS) is 11.1. The van der Waals surface area contributed by atoms with E-state index in [1.165, 1.54) is 4.68 Å². The highest BCUT2D eigenvalue weighted by Crippen LogP contribution is 2.20. The zero-order chi connectivity index (χ0) is 18.8. The summed E-state index contributed by atoms with van der Waals surface area (Å²) in [5.41, 5.74) is 0.0532.